The second-order valence-corrected chi connectivity index (χ2v) is 19.3. The Morgan fingerprint density at radius 3 is 2.19 bits per heavy atom. The number of alkyl halides is 3. The van der Waals surface area contributed by atoms with Crippen molar-refractivity contribution in [1.29, 1.82) is 0 Å². The lowest BCUT2D eigenvalue weighted by Crippen LogP contribution is -2.44. The van der Waals surface area contributed by atoms with Gasteiger partial charge in [0, 0.05) is 20.6 Å². The minimum atomic E-state index is -4.35. The fraction of sp³-hybridized carbons (Fsp3) is 0.382. The molecule has 0 saturated heterocycles. The lowest BCUT2D eigenvalue weighted by Gasteiger charge is -2.37. The molecule has 0 spiro atoms. The monoisotopic (exact) mass is 627 g/mol. The summed E-state index contributed by atoms with van der Waals surface area (Å²) in [6.45, 7) is 15.4. The number of hydrogen-bond donors (Lipinski definition) is 0. The number of aromatic nitrogens is 1. The van der Waals surface area contributed by atoms with Gasteiger partial charge in [0.2, 0.25) is 8.32 Å². The first kappa shape index (κ1) is 32.4. The van der Waals surface area contributed by atoms with Gasteiger partial charge in [-0.15, -0.1) is 23.1 Å². The first-order valence-corrected chi connectivity index (χ1v) is 18.9. The van der Waals surface area contributed by atoms with Crippen LogP contribution in [0, 0.1) is 13.8 Å². The Hall–Kier alpha value is -2.55. The molecule has 1 atom stereocenters. The average molecular weight is 628 g/mol. The summed E-state index contributed by atoms with van der Waals surface area (Å²) in [6.07, 6.45) is -1.40. The van der Waals surface area contributed by atoms with E-state index in [4.69, 9.17) is 9.41 Å². The zero-order valence-corrected chi connectivity index (χ0v) is 28.1. The van der Waals surface area contributed by atoms with Crippen molar-refractivity contribution in [1.82, 2.24) is 4.98 Å². The fourth-order valence-corrected chi connectivity index (χ4v) is 8.16. The first-order chi connectivity index (χ1) is 19.6. The second kappa shape index (κ2) is 13.0. The third kappa shape index (κ3) is 8.08. The van der Waals surface area contributed by atoms with Crippen LogP contribution < -0.4 is 4.43 Å². The van der Waals surface area contributed by atoms with Crippen molar-refractivity contribution in [3.8, 4) is 16.3 Å². The van der Waals surface area contributed by atoms with Gasteiger partial charge in [0.05, 0.1) is 11.3 Å². The van der Waals surface area contributed by atoms with E-state index in [1.165, 1.54) is 27.5 Å². The van der Waals surface area contributed by atoms with E-state index >= 15 is 0 Å². The van der Waals surface area contributed by atoms with E-state index in [2.05, 4.69) is 83.3 Å². The predicted molar refractivity (Wildman–Crippen MR) is 174 cm³/mol. The first-order valence-electron chi connectivity index (χ1n) is 14.3. The molecule has 0 fully saturated rings. The van der Waals surface area contributed by atoms with Crippen LogP contribution in [0.1, 0.15) is 66.1 Å². The van der Waals surface area contributed by atoms with Gasteiger partial charge in [0.25, 0.3) is 0 Å². The molecule has 0 aliphatic rings. The number of aryl methyl sites for hydroxylation is 3. The van der Waals surface area contributed by atoms with E-state index in [0.717, 1.165) is 53.4 Å². The number of thioether (sulfide) groups is 1. The van der Waals surface area contributed by atoms with Gasteiger partial charge in [-0.2, -0.15) is 13.2 Å². The van der Waals surface area contributed by atoms with Crippen molar-refractivity contribution < 1.29 is 17.6 Å². The van der Waals surface area contributed by atoms with Gasteiger partial charge in [-0.25, -0.2) is 4.98 Å². The van der Waals surface area contributed by atoms with E-state index < -0.39 is 20.1 Å². The van der Waals surface area contributed by atoms with Crippen LogP contribution in [0.4, 0.5) is 13.2 Å². The van der Waals surface area contributed by atoms with Crippen LogP contribution in [0.15, 0.2) is 77.7 Å². The highest BCUT2D eigenvalue weighted by atomic mass is 32.2. The number of rotatable bonds is 10. The number of benzene rings is 3. The van der Waals surface area contributed by atoms with Crippen LogP contribution >= 0.6 is 23.1 Å². The lowest BCUT2D eigenvalue weighted by atomic mass is 10.1. The molecule has 1 aromatic heterocycles. The maximum absolute atomic E-state index is 13.1. The molecule has 0 radical (unpaired) electrons. The molecule has 0 saturated carbocycles. The standard InChI is InChI=1S/C34H40F3NOS2Si/c1-23-22-28(20-21-29(23)39-42(6,7)33(3,4)5)40-30(15-11-14-25-12-9-8-10-13-25)31-24(2)38-32(41-31)26-16-18-27(19-17-26)34(35,36)37/h8-10,12-13,16-22,30H,11,14-15H2,1-7H3. The number of halogens is 3. The molecule has 0 N–H and O–H groups in total. The predicted octanol–water partition coefficient (Wildman–Crippen LogP) is 11.7. The van der Waals surface area contributed by atoms with Crippen LogP contribution in [0.25, 0.3) is 10.6 Å². The number of thiazole rings is 1. The molecular formula is C34H40F3NOS2Si. The Morgan fingerprint density at radius 2 is 1.60 bits per heavy atom. The van der Waals surface area contributed by atoms with E-state index in [0.29, 0.717) is 5.56 Å². The van der Waals surface area contributed by atoms with Crippen LogP contribution in [-0.4, -0.2) is 13.3 Å². The van der Waals surface area contributed by atoms with Crippen molar-refractivity contribution in [3.05, 3.63) is 100 Å². The summed E-state index contributed by atoms with van der Waals surface area (Å²) in [5.41, 5.74) is 3.43. The molecule has 1 unspecified atom stereocenters. The minimum Gasteiger partial charge on any atom is -0.543 e. The van der Waals surface area contributed by atoms with Crippen molar-refractivity contribution in [3.63, 3.8) is 0 Å². The quantitative estimate of drug-likeness (QED) is 0.129. The Kier molecular flexibility index (Phi) is 10.0. The second-order valence-electron chi connectivity index (χ2n) is 12.3. The Bertz CT molecular complexity index is 1480. The molecule has 0 aliphatic heterocycles. The highest BCUT2D eigenvalue weighted by Gasteiger charge is 2.39. The average Bonchev–Trinajstić information content (AvgIpc) is 3.30. The molecular weight excluding hydrogens is 588 g/mol. The molecule has 0 bridgehead atoms. The molecule has 4 aromatic rings. The Labute approximate surface area is 257 Å². The summed E-state index contributed by atoms with van der Waals surface area (Å²) in [5, 5.41) is 1.03. The molecule has 4 rings (SSSR count). The van der Waals surface area contributed by atoms with Crippen molar-refractivity contribution in [2.75, 3.05) is 0 Å². The van der Waals surface area contributed by atoms with Gasteiger partial charge >= 0.3 is 6.18 Å². The van der Waals surface area contributed by atoms with Crippen molar-refractivity contribution in [2.45, 2.75) is 88.3 Å². The number of hydrogen-bond acceptors (Lipinski definition) is 4. The lowest BCUT2D eigenvalue weighted by molar-refractivity contribution is -0.137. The minimum absolute atomic E-state index is 0.116. The summed E-state index contributed by atoms with van der Waals surface area (Å²) < 4.78 is 45.9. The van der Waals surface area contributed by atoms with Gasteiger partial charge in [-0.1, -0.05) is 63.2 Å². The maximum Gasteiger partial charge on any atom is 0.416 e. The summed E-state index contributed by atoms with van der Waals surface area (Å²) in [7, 11) is -1.96. The summed E-state index contributed by atoms with van der Waals surface area (Å²) in [6, 6.07) is 22.3. The molecule has 8 heteroatoms. The zero-order chi connectivity index (χ0) is 30.7. The number of nitrogens with zero attached hydrogens (tertiary/aromatic N) is 1. The maximum atomic E-state index is 13.1. The topological polar surface area (TPSA) is 22.1 Å². The van der Waals surface area contributed by atoms with Crippen molar-refractivity contribution >= 4 is 31.4 Å². The Morgan fingerprint density at radius 1 is 0.929 bits per heavy atom. The van der Waals surface area contributed by atoms with Gasteiger partial charge < -0.3 is 4.43 Å². The van der Waals surface area contributed by atoms with E-state index in [1.807, 2.05) is 24.8 Å². The summed E-state index contributed by atoms with van der Waals surface area (Å²) in [5.74, 6) is 0.949. The van der Waals surface area contributed by atoms with E-state index in [9.17, 15) is 13.2 Å². The highest BCUT2D eigenvalue weighted by molar-refractivity contribution is 7.99. The van der Waals surface area contributed by atoms with Crippen LogP contribution in [0.5, 0.6) is 5.75 Å². The van der Waals surface area contributed by atoms with Gasteiger partial charge in [0.15, 0.2) is 0 Å². The van der Waals surface area contributed by atoms with E-state index in [1.54, 1.807) is 11.3 Å². The normalized spacial score (nSPS) is 13.3. The van der Waals surface area contributed by atoms with E-state index in [-0.39, 0.29) is 10.3 Å². The van der Waals surface area contributed by atoms with Gasteiger partial charge in [0.1, 0.15) is 10.8 Å². The van der Waals surface area contributed by atoms with Crippen molar-refractivity contribution in [2.24, 2.45) is 0 Å². The van der Waals surface area contributed by atoms with Crippen LogP contribution in [0.3, 0.4) is 0 Å². The largest absolute Gasteiger partial charge is 0.543 e. The summed E-state index contributed by atoms with van der Waals surface area (Å²) >= 11 is 3.41. The molecule has 2 nitrogen and oxygen atoms in total. The third-order valence-corrected chi connectivity index (χ3v) is 15.0. The highest BCUT2D eigenvalue weighted by Crippen LogP contribution is 2.46. The Balaban J connectivity index is 1.59. The molecule has 42 heavy (non-hydrogen) atoms. The molecule has 3 aromatic carbocycles. The zero-order valence-electron chi connectivity index (χ0n) is 25.4. The SMILES string of the molecule is Cc1cc(SC(CCCc2ccccc2)c2sc(-c3ccc(C(F)(F)F)cc3)nc2C)ccc1O[Si](C)(C)C(C)(C)C. The van der Waals surface area contributed by atoms with Gasteiger partial charge in [-0.3, -0.25) is 0 Å². The molecule has 0 amide bonds. The van der Waals surface area contributed by atoms with Crippen LogP contribution in [-0.2, 0) is 12.6 Å². The molecule has 224 valence electrons. The molecule has 1 heterocycles. The van der Waals surface area contributed by atoms with Gasteiger partial charge in [-0.05, 0) is 92.7 Å². The smallest absolute Gasteiger partial charge is 0.416 e. The fourth-order valence-electron chi connectivity index (χ4n) is 4.41. The third-order valence-electron chi connectivity index (χ3n) is 7.95. The summed E-state index contributed by atoms with van der Waals surface area (Å²) in [4.78, 5) is 7.14. The van der Waals surface area contributed by atoms with Crippen LogP contribution in [0.2, 0.25) is 18.1 Å². The molecule has 0 aliphatic carbocycles.